The van der Waals surface area contributed by atoms with E-state index < -0.39 is 5.97 Å². The molecule has 5 nitrogen and oxygen atoms in total. The van der Waals surface area contributed by atoms with Crippen LogP contribution >= 0.6 is 27.5 Å². The fourth-order valence-electron chi connectivity index (χ4n) is 1.53. The van der Waals surface area contributed by atoms with Crippen molar-refractivity contribution in [3.8, 4) is 0 Å². The Morgan fingerprint density at radius 2 is 2.05 bits per heavy atom. The zero-order valence-corrected chi connectivity index (χ0v) is 13.8. The van der Waals surface area contributed by atoms with Crippen LogP contribution in [-0.2, 0) is 7.05 Å². The van der Waals surface area contributed by atoms with Crippen LogP contribution in [0.1, 0.15) is 15.9 Å². The molecule has 3 N–H and O–H groups in total. The van der Waals surface area contributed by atoms with Crippen molar-refractivity contribution >= 4 is 39.2 Å². The molecule has 1 heterocycles. The molecule has 7 heteroatoms. The minimum atomic E-state index is -1.13. The lowest BCUT2D eigenvalue weighted by Gasteiger charge is -2.06. The van der Waals surface area contributed by atoms with Gasteiger partial charge >= 0.3 is 5.97 Å². The van der Waals surface area contributed by atoms with Crippen molar-refractivity contribution in [3.63, 3.8) is 0 Å². The van der Waals surface area contributed by atoms with Crippen molar-refractivity contribution < 1.29 is 9.90 Å². The Bertz CT molecular complexity index is 711. The topological polar surface area (TPSA) is 85.3 Å². The summed E-state index contributed by atoms with van der Waals surface area (Å²) < 4.78 is 2.22. The average molecular weight is 374 g/mol. The summed E-state index contributed by atoms with van der Waals surface area (Å²) in [5.41, 5.74) is 5.45. The van der Waals surface area contributed by atoms with Crippen LogP contribution in [0, 0.1) is 6.92 Å². The number of hydrogen-bond donors (Lipinski definition) is 2. The number of pyridine rings is 1. The van der Waals surface area contributed by atoms with Crippen LogP contribution in [0.15, 0.2) is 39.7 Å². The maximum atomic E-state index is 11.3. The Labute approximate surface area is 135 Å². The summed E-state index contributed by atoms with van der Waals surface area (Å²) in [7, 11) is 1.49. The second-order valence-corrected chi connectivity index (χ2v) is 5.59. The van der Waals surface area contributed by atoms with E-state index in [4.69, 9.17) is 22.4 Å². The normalized spacial score (nSPS) is 9.71. The highest BCUT2D eigenvalue weighted by atomic mass is 79.9. The third-order valence-corrected chi connectivity index (χ3v) is 3.40. The van der Waals surface area contributed by atoms with Crippen molar-refractivity contribution in [2.75, 3.05) is 5.73 Å². The highest BCUT2D eigenvalue weighted by Gasteiger charge is 2.13. The van der Waals surface area contributed by atoms with Crippen LogP contribution in [0.4, 0.5) is 5.69 Å². The van der Waals surface area contributed by atoms with E-state index in [9.17, 15) is 9.59 Å². The molecule has 0 saturated heterocycles. The average Bonchev–Trinajstić information content (AvgIpc) is 2.40. The van der Waals surface area contributed by atoms with Crippen LogP contribution in [0.5, 0.6) is 0 Å². The zero-order valence-electron chi connectivity index (χ0n) is 11.4. The molecule has 1 aromatic heterocycles. The molecule has 0 fully saturated rings. The number of carboxylic acids is 1. The van der Waals surface area contributed by atoms with Gasteiger partial charge in [0.05, 0.1) is 11.3 Å². The minimum absolute atomic E-state index is 0.0376. The summed E-state index contributed by atoms with van der Waals surface area (Å²) in [5.74, 6) is -1.13. The van der Waals surface area contributed by atoms with E-state index in [0.29, 0.717) is 0 Å². The molecule has 0 amide bonds. The van der Waals surface area contributed by atoms with Crippen molar-refractivity contribution in [1.82, 2.24) is 4.57 Å². The first-order valence-corrected chi connectivity index (χ1v) is 7.01. The highest BCUT2D eigenvalue weighted by Crippen LogP contribution is 2.14. The van der Waals surface area contributed by atoms with Crippen LogP contribution in [0.25, 0.3) is 0 Å². The first-order valence-electron chi connectivity index (χ1n) is 5.84. The molecule has 0 aliphatic rings. The Hall–Kier alpha value is -1.79. The van der Waals surface area contributed by atoms with Crippen molar-refractivity contribution in [2.24, 2.45) is 7.05 Å². The third kappa shape index (κ3) is 4.61. The lowest BCUT2D eigenvalue weighted by molar-refractivity contribution is 0.0697. The number of benzene rings is 1. The second kappa shape index (κ2) is 7.28. The van der Waals surface area contributed by atoms with E-state index in [1.165, 1.54) is 24.7 Å². The Kier molecular flexibility index (Phi) is 5.99. The molecule has 21 heavy (non-hydrogen) atoms. The molecule has 1 aromatic carbocycles. The number of nitrogens with two attached hydrogens (primary N) is 1. The molecule has 0 bridgehead atoms. The summed E-state index contributed by atoms with van der Waals surface area (Å²) in [6.45, 7) is 1.50. The van der Waals surface area contributed by atoms with Gasteiger partial charge in [0.25, 0.3) is 5.56 Å². The van der Waals surface area contributed by atoms with Gasteiger partial charge in [-0.05, 0) is 25.1 Å². The van der Waals surface area contributed by atoms with Gasteiger partial charge in [-0.15, -0.1) is 0 Å². The van der Waals surface area contributed by atoms with Crippen LogP contribution < -0.4 is 11.3 Å². The van der Waals surface area contributed by atoms with Gasteiger partial charge in [0.2, 0.25) is 0 Å². The molecule has 0 unspecified atom stereocenters. The van der Waals surface area contributed by atoms with Gasteiger partial charge in [0.15, 0.2) is 0 Å². The quantitative estimate of drug-likeness (QED) is 0.804. The van der Waals surface area contributed by atoms with E-state index in [-0.39, 0.29) is 22.4 Å². The number of carbonyl (C=O) groups is 1. The molecule has 0 radical (unpaired) electrons. The highest BCUT2D eigenvalue weighted by molar-refractivity contribution is 9.10. The number of rotatable bonds is 1. The van der Waals surface area contributed by atoms with E-state index in [1.807, 2.05) is 24.3 Å². The Morgan fingerprint density at radius 3 is 2.48 bits per heavy atom. The number of carboxylic acid groups (broad SMARTS) is 1. The molecule has 0 saturated carbocycles. The maximum Gasteiger partial charge on any atom is 0.339 e. The number of nitrogens with zero attached hydrogens (tertiary/aromatic N) is 1. The number of aromatic nitrogens is 1. The monoisotopic (exact) mass is 372 g/mol. The number of aryl methyl sites for hydroxylation is 1. The van der Waals surface area contributed by atoms with E-state index >= 15 is 0 Å². The van der Waals surface area contributed by atoms with Crippen LogP contribution in [0.3, 0.4) is 0 Å². The fourth-order valence-corrected chi connectivity index (χ4v) is 2.26. The van der Waals surface area contributed by atoms with Crippen molar-refractivity contribution in [3.05, 3.63) is 61.4 Å². The molecule has 0 aliphatic carbocycles. The summed E-state index contributed by atoms with van der Waals surface area (Å²) in [6.07, 6.45) is 1.22. The molecular weight excluding hydrogens is 360 g/mol. The standard InChI is InChI=1S/C8H10N2O3.C6H4BrCl/c1-4-6(9)5(8(12)13)3-10(2)7(4)11;7-5-2-1-3-6(8)4-5/h3H,9H2,1-2H3,(H,12,13);1-4H. The number of hydrogen-bond acceptors (Lipinski definition) is 3. The van der Waals surface area contributed by atoms with Gasteiger partial charge in [-0.3, -0.25) is 4.79 Å². The first kappa shape index (κ1) is 17.3. The molecular formula is C14H14BrClN2O3. The van der Waals surface area contributed by atoms with E-state index in [2.05, 4.69) is 15.9 Å². The molecule has 2 aromatic rings. The van der Waals surface area contributed by atoms with E-state index in [1.54, 1.807) is 0 Å². The minimum Gasteiger partial charge on any atom is -0.478 e. The number of anilines is 1. The Balaban J connectivity index is 0.000000235. The van der Waals surface area contributed by atoms with Crippen molar-refractivity contribution in [2.45, 2.75) is 6.92 Å². The zero-order chi connectivity index (χ0) is 16.2. The molecule has 112 valence electrons. The predicted molar refractivity (Wildman–Crippen MR) is 86.9 cm³/mol. The molecule has 0 atom stereocenters. The van der Waals surface area contributed by atoms with Gasteiger partial charge in [0, 0.05) is 28.3 Å². The van der Waals surface area contributed by atoms with Gasteiger partial charge in [0.1, 0.15) is 0 Å². The number of aromatic carboxylic acids is 1. The fraction of sp³-hybridized carbons (Fsp3) is 0.143. The van der Waals surface area contributed by atoms with Gasteiger partial charge < -0.3 is 15.4 Å². The first-order chi connectivity index (χ1) is 9.73. The van der Waals surface area contributed by atoms with Crippen molar-refractivity contribution in [1.29, 1.82) is 0 Å². The largest absolute Gasteiger partial charge is 0.478 e. The lowest BCUT2D eigenvalue weighted by Crippen LogP contribution is -2.23. The Morgan fingerprint density at radius 1 is 1.43 bits per heavy atom. The van der Waals surface area contributed by atoms with Crippen LogP contribution in [-0.4, -0.2) is 15.6 Å². The summed E-state index contributed by atoms with van der Waals surface area (Å²) >= 11 is 8.89. The smallest absolute Gasteiger partial charge is 0.339 e. The molecule has 0 aliphatic heterocycles. The predicted octanol–water partition coefficient (Wildman–Crippen LogP) is 3.08. The lowest BCUT2D eigenvalue weighted by atomic mass is 10.1. The SMILES string of the molecule is Cc1c(N)c(C(=O)O)cn(C)c1=O.Clc1cccc(Br)c1. The number of nitrogen functional groups attached to an aromatic ring is 1. The van der Waals surface area contributed by atoms with Crippen LogP contribution in [0.2, 0.25) is 5.02 Å². The maximum absolute atomic E-state index is 11.3. The number of halogens is 2. The van der Waals surface area contributed by atoms with Gasteiger partial charge in [-0.2, -0.15) is 0 Å². The van der Waals surface area contributed by atoms with Gasteiger partial charge in [-0.25, -0.2) is 4.79 Å². The summed E-state index contributed by atoms with van der Waals surface area (Å²) in [5, 5.41) is 9.47. The summed E-state index contributed by atoms with van der Waals surface area (Å²) in [4.78, 5) is 21.9. The molecule has 0 spiro atoms. The van der Waals surface area contributed by atoms with Gasteiger partial charge in [-0.1, -0.05) is 33.6 Å². The van der Waals surface area contributed by atoms with E-state index in [0.717, 1.165) is 9.50 Å². The summed E-state index contributed by atoms with van der Waals surface area (Å²) in [6, 6.07) is 7.52. The second-order valence-electron chi connectivity index (χ2n) is 4.24. The molecule has 2 rings (SSSR count). The third-order valence-electron chi connectivity index (χ3n) is 2.68.